The summed E-state index contributed by atoms with van der Waals surface area (Å²) in [4.78, 5) is 14.7. The predicted molar refractivity (Wildman–Crippen MR) is 57.0 cm³/mol. The largest absolute Gasteiger partial charge is 0.273 e. The molecule has 0 bridgehead atoms. The first-order valence-electron chi connectivity index (χ1n) is 4.47. The zero-order valence-corrected chi connectivity index (χ0v) is 7.90. The van der Waals surface area contributed by atoms with Crippen LogP contribution in [0.3, 0.4) is 0 Å². The second-order valence-electron chi connectivity index (χ2n) is 3.16. The third kappa shape index (κ3) is 1.74. The van der Waals surface area contributed by atoms with Crippen molar-refractivity contribution in [2.45, 2.75) is 6.92 Å². The van der Waals surface area contributed by atoms with Crippen LogP contribution >= 0.6 is 0 Å². The lowest BCUT2D eigenvalue weighted by Gasteiger charge is -1.93. The fourth-order valence-electron chi connectivity index (χ4n) is 1.43. The zero-order valence-electron chi connectivity index (χ0n) is 7.90. The first kappa shape index (κ1) is 8.75. The molecular weight excluding hydrogens is 174 g/mol. The van der Waals surface area contributed by atoms with Gasteiger partial charge in [-0.15, -0.1) is 0 Å². The summed E-state index contributed by atoms with van der Waals surface area (Å²) in [5.74, 6) is -0.166. The molecule has 2 heteroatoms. The molecule has 0 N–H and O–H groups in total. The van der Waals surface area contributed by atoms with Gasteiger partial charge in [0, 0.05) is 13.0 Å². The minimum absolute atomic E-state index is 0.166. The first-order chi connectivity index (χ1) is 6.75. The van der Waals surface area contributed by atoms with Crippen molar-refractivity contribution >= 4 is 23.8 Å². The van der Waals surface area contributed by atoms with Crippen LogP contribution in [-0.2, 0) is 4.79 Å². The van der Waals surface area contributed by atoms with Crippen LogP contribution in [0.1, 0.15) is 6.92 Å². The molecule has 0 aromatic heterocycles. The summed E-state index contributed by atoms with van der Waals surface area (Å²) in [7, 11) is 0. The third-order valence-corrected chi connectivity index (χ3v) is 2.02. The Balaban J connectivity index is 2.54. The number of hydrogen-bond donors (Lipinski definition) is 0. The molecule has 1 aliphatic carbocycles. The van der Waals surface area contributed by atoms with E-state index in [9.17, 15) is 4.79 Å². The number of amides is 1. The standard InChI is InChI=1S/C12H10NO/c1-9(14)13-12-7-6-10-4-2-3-5-11(10)8-12/h2-8H,1H3/q+1. The monoisotopic (exact) mass is 184 g/mol. The molecule has 2 nitrogen and oxygen atoms in total. The molecule has 0 fully saturated rings. The Bertz CT molecular complexity index is 511. The molecular formula is C12H10NO+. The van der Waals surface area contributed by atoms with E-state index in [-0.39, 0.29) is 5.91 Å². The zero-order chi connectivity index (χ0) is 9.97. The summed E-state index contributed by atoms with van der Waals surface area (Å²) >= 11 is 0. The van der Waals surface area contributed by atoms with Gasteiger partial charge < -0.3 is 0 Å². The van der Waals surface area contributed by atoms with E-state index in [1.165, 1.54) is 6.92 Å². The van der Waals surface area contributed by atoms with Gasteiger partial charge in [0.15, 0.2) is 5.71 Å². The molecule has 14 heavy (non-hydrogen) atoms. The van der Waals surface area contributed by atoms with E-state index in [2.05, 4.69) is 4.99 Å². The summed E-state index contributed by atoms with van der Waals surface area (Å²) < 4.78 is 0. The molecule has 1 amide bonds. The van der Waals surface area contributed by atoms with Crippen LogP contribution in [0, 0.1) is 6.42 Å². The van der Waals surface area contributed by atoms with Gasteiger partial charge in [-0.3, -0.25) is 4.79 Å². The van der Waals surface area contributed by atoms with Crippen LogP contribution in [0.4, 0.5) is 0 Å². The number of fused-ring (bicyclic) bond motifs is 1. The summed E-state index contributed by atoms with van der Waals surface area (Å²) in [6.45, 7) is 1.45. The van der Waals surface area contributed by atoms with Gasteiger partial charge >= 0.3 is 0 Å². The Morgan fingerprint density at radius 2 is 2.00 bits per heavy atom. The van der Waals surface area contributed by atoms with E-state index in [4.69, 9.17) is 0 Å². The summed E-state index contributed by atoms with van der Waals surface area (Å²) in [6.07, 6.45) is 5.73. The second-order valence-corrected chi connectivity index (χ2v) is 3.16. The maximum absolute atomic E-state index is 10.8. The van der Waals surface area contributed by atoms with E-state index in [0.29, 0.717) is 0 Å². The molecule has 1 aliphatic rings. The fourth-order valence-corrected chi connectivity index (χ4v) is 1.43. The van der Waals surface area contributed by atoms with E-state index < -0.39 is 0 Å². The van der Waals surface area contributed by atoms with Crippen molar-refractivity contribution in [3.8, 4) is 0 Å². The van der Waals surface area contributed by atoms with E-state index in [1.54, 1.807) is 0 Å². The highest BCUT2D eigenvalue weighted by Gasteiger charge is 2.08. The average Bonchev–Trinajstić information content (AvgIpc) is 2.17. The van der Waals surface area contributed by atoms with Crippen molar-refractivity contribution in [2.24, 2.45) is 4.99 Å². The third-order valence-electron chi connectivity index (χ3n) is 2.02. The number of hydrogen-bond acceptors (Lipinski definition) is 1. The highest BCUT2D eigenvalue weighted by molar-refractivity contribution is 6.22. The molecule has 0 heterocycles. The predicted octanol–water partition coefficient (Wildman–Crippen LogP) is 0.453. The van der Waals surface area contributed by atoms with E-state index in [1.807, 2.05) is 42.8 Å². The Labute approximate surface area is 82.3 Å². The molecule has 0 atom stereocenters. The van der Waals surface area contributed by atoms with E-state index >= 15 is 0 Å². The molecule has 0 saturated heterocycles. The highest BCUT2D eigenvalue weighted by atomic mass is 16.1. The van der Waals surface area contributed by atoms with Crippen LogP contribution in [-0.4, -0.2) is 11.6 Å². The van der Waals surface area contributed by atoms with Gasteiger partial charge in [-0.25, -0.2) is 0 Å². The molecule has 0 spiro atoms. The molecule has 0 saturated carbocycles. The molecule has 0 aliphatic heterocycles. The van der Waals surface area contributed by atoms with Crippen molar-refractivity contribution in [2.75, 3.05) is 0 Å². The molecule has 1 aromatic carbocycles. The SMILES string of the molecule is CC(=O)N=C1C=c2ccccc2=C[CH+]1. The molecule has 2 rings (SSSR count). The van der Waals surface area contributed by atoms with Gasteiger partial charge in [0.2, 0.25) is 5.91 Å². The number of benzene rings is 1. The van der Waals surface area contributed by atoms with Gasteiger partial charge in [0.05, 0.1) is 29.0 Å². The van der Waals surface area contributed by atoms with Gasteiger partial charge in [-0.1, -0.05) is 6.07 Å². The Morgan fingerprint density at radius 3 is 2.71 bits per heavy atom. The fraction of sp³-hybridized carbons (Fsp3) is 0.0833. The van der Waals surface area contributed by atoms with E-state index in [0.717, 1.165) is 16.1 Å². The summed E-state index contributed by atoms with van der Waals surface area (Å²) in [5, 5.41) is 2.27. The number of nitrogens with zero attached hydrogens (tertiary/aromatic N) is 1. The van der Waals surface area contributed by atoms with Gasteiger partial charge in [0.1, 0.15) is 0 Å². The van der Waals surface area contributed by atoms with Crippen LogP contribution in [0.2, 0.25) is 0 Å². The van der Waals surface area contributed by atoms with Crippen molar-refractivity contribution in [1.29, 1.82) is 0 Å². The lowest BCUT2D eigenvalue weighted by Crippen LogP contribution is -2.28. The number of rotatable bonds is 0. The van der Waals surface area contributed by atoms with Crippen LogP contribution in [0.15, 0.2) is 29.3 Å². The van der Waals surface area contributed by atoms with Crippen molar-refractivity contribution in [1.82, 2.24) is 0 Å². The normalized spacial score (nSPS) is 16.2. The van der Waals surface area contributed by atoms with Crippen LogP contribution in [0.5, 0.6) is 0 Å². The van der Waals surface area contributed by atoms with Crippen molar-refractivity contribution in [3.05, 3.63) is 41.1 Å². The average molecular weight is 184 g/mol. The van der Waals surface area contributed by atoms with Gasteiger partial charge in [0.25, 0.3) is 0 Å². The minimum atomic E-state index is -0.166. The first-order valence-corrected chi connectivity index (χ1v) is 4.47. The van der Waals surface area contributed by atoms with Crippen LogP contribution < -0.4 is 10.4 Å². The minimum Gasteiger partial charge on any atom is -0.273 e. The van der Waals surface area contributed by atoms with Crippen molar-refractivity contribution in [3.63, 3.8) is 0 Å². The maximum atomic E-state index is 10.8. The quantitative estimate of drug-likeness (QED) is 0.538. The highest BCUT2D eigenvalue weighted by Crippen LogP contribution is 1.93. The summed E-state index contributed by atoms with van der Waals surface area (Å²) in [5.41, 5.74) is 0.719. The number of aliphatic imine (C=N–C) groups is 1. The Kier molecular flexibility index (Phi) is 2.19. The van der Waals surface area contributed by atoms with Gasteiger partial charge in [-0.2, -0.15) is 4.99 Å². The Morgan fingerprint density at radius 1 is 1.29 bits per heavy atom. The van der Waals surface area contributed by atoms with Crippen LogP contribution in [0.25, 0.3) is 12.2 Å². The summed E-state index contributed by atoms with van der Waals surface area (Å²) in [6, 6.07) is 8.01. The second kappa shape index (κ2) is 3.50. The maximum Gasteiger partial charge on any atom is 0.245 e. The lowest BCUT2D eigenvalue weighted by atomic mass is 10.1. The number of carbonyl (C=O) groups excluding carboxylic acids is 1. The molecule has 1 aromatic rings. The molecule has 0 radical (unpaired) electrons. The molecule has 0 unspecified atom stereocenters. The lowest BCUT2D eigenvalue weighted by molar-refractivity contribution is -0.115. The topological polar surface area (TPSA) is 29.4 Å². The molecule has 68 valence electrons. The van der Waals surface area contributed by atoms with Gasteiger partial charge in [-0.05, 0) is 12.1 Å². The number of carbonyl (C=O) groups is 1. The smallest absolute Gasteiger partial charge is 0.245 e. The van der Waals surface area contributed by atoms with Crippen molar-refractivity contribution < 1.29 is 4.79 Å². The Hall–Kier alpha value is -1.83.